The predicted octanol–water partition coefficient (Wildman–Crippen LogP) is -8.98. The molecule has 0 saturated carbocycles. The number of nitrogens with one attached hydrogen (secondary N) is 2. The van der Waals surface area contributed by atoms with E-state index in [1.54, 1.807) is 43.3 Å². The van der Waals surface area contributed by atoms with Crippen LogP contribution in [0.2, 0.25) is 0 Å². The van der Waals surface area contributed by atoms with Crippen LogP contribution in [0.5, 0.6) is 0 Å². The van der Waals surface area contributed by atoms with E-state index in [-0.39, 0.29) is 106 Å². The topological polar surface area (TPSA) is 184 Å². The van der Waals surface area contributed by atoms with Crippen molar-refractivity contribution >= 4 is 53.2 Å². The van der Waals surface area contributed by atoms with Gasteiger partial charge in [0.05, 0.1) is 17.5 Å². The number of nitrogens with zero attached hydrogens (tertiary/aromatic N) is 4. The molecular formula is C22H18N6Na3O6+. The van der Waals surface area contributed by atoms with Crippen LogP contribution in [-0.2, 0) is 9.59 Å². The van der Waals surface area contributed by atoms with Crippen molar-refractivity contribution in [3.05, 3.63) is 65.2 Å². The van der Waals surface area contributed by atoms with Gasteiger partial charge >= 0.3 is 94.6 Å². The van der Waals surface area contributed by atoms with E-state index in [0.717, 1.165) is 6.08 Å². The van der Waals surface area contributed by atoms with Crippen molar-refractivity contribution in [2.24, 2.45) is 0 Å². The van der Waals surface area contributed by atoms with E-state index in [4.69, 9.17) is 5.11 Å². The van der Waals surface area contributed by atoms with Crippen molar-refractivity contribution in [3.8, 4) is 0 Å². The summed E-state index contributed by atoms with van der Waals surface area (Å²) in [6.45, 7) is 0. The number of carbonyl (C=O) groups excluding carboxylic acids is 2. The van der Waals surface area contributed by atoms with Crippen LogP contribution >= 0.6 is 0 Å². The van der Waals surface area contributed by atoms with E-state index in [9.17, 15) is 24.6 Å². The monoisotopic (exact) mass is 531 g/mol. The maximum Gasteiger partial charge on any atom is 1.00 e. The van der Waals surface area contributed by atoms with Crippen LogP contribution in [0, 0.1) is 0 Å². The van der Waals surface area contributed by atoms with Crippen LogP contribution in [0.15, 0.2) is 54.1 Å². The van der Waals surface area contributed by atoms with Crippen molar-refractivity contribution < 1.29 is 118 Å². The second-order valence-electron chi connectivity index (χ2n) is 7.06. The first kappa shape index (κ1) is 35.0. The molecule has 0 aliphatic carbocycles. The van der Waals surface area contributed by atoms with Gasteiger partial charge < -0.3 is 40.4 Å². The van der Waals surface area contributed by atoms with Gasteiger partial charge in [0, 0.05) is 25.5 Å². The maximum atomic E-state index is 11.0. The summed E-state index contributed by atoms with van der Waals surface area (Å²) in [6.07, 6.45) is 0.988. The maximum absolute atomic E-state index is 11.0. The van der Waals surface area contributed by atoms with E-state index < -0.39 is 23.5 Å². The van der Waals surface area contributed by atoms with Crippen LogP contribution in [0.4, 0.5) is 29.2 Å². The Morgan fingerprint density at radius 1 is 0.811 bits per heavy atom. The number of hydrogen-bond acceptors (Lipinski definition) is 11. The zero-order valence-corrected chi connectivity index (χ0v) is 27.0. The number of benzene rings is 2. The number of hydrogen-bond donors (Lipinski definition) is 3. The summed E-state index contributed by atoms with van der Waals surface area (Å²) in [4.78, 5) is 47.4. The van der Waals surface area contributed by atoms with Crippen LogP contribution in [0.3, 0.4) is 0 Å². The van der Waals surface area contributed by atoms with E-state index >= 15 is 0 Å². The fourth-order valence-corrected chi connectivity index (χ4v) is 2.66. The predicted molar refractivity (Wildman–Crippen MR) is 119 cm³/mol. The SMILES string of the molecule is CN(C)c1nc(Nc2ccc(/C=C(\C(=O)[O-])C(=O)O)cc2)nc(Nc2ccc(C(=O)[O-])cc2)n1.[Na+].[Na+].[Na+]. The first-order valence-electron chi connectivity index (χ1n) is 9.67. The molecule has 0 unspecified atom stereocenters. The third kappa shape index (κ3) is 10.3. The molecule has 0 saturated heterocycles. The van der Waals surface area contributed by atoms with Crippen molar-refractivity contribution in [2.75, 3.05) is 29.6 Å². The Morgan fingerprint density at radius 2 is 1.27 bits per heavy atom. The fraction of sp³-hybridized carbons (Fsp3) is 0.0909. The molecule has 1 heterocycles. The fourth-order valence-electron chi connectivity index (χ4n) is 2.66. The second-order valence-corrected chi connectivity index (χ2v) is 7.06. The van der Waals surface area contributed by atoms with Crippen LogP contribution in [0.25, 0.3) is 6.08 Å². The van der Waals surface area contributed by atoms with Crippen molar-refractivity contribution in [3.63, 3.8) is 0 Å². The molecular weight excluding hydrogens is 513 g/mol. The van der Waals surface area contributed by atoms with E-state index in [2.05, 4.69) is 25.6 Å². The Hall–Kier alpha value is -2.00. The number of rotatable bonds is 9. The number of carboxylic acids is 3. The smallest absolute Gasteiger partial charge is 0.545 e. The molecule has 0 atom stereocenters. The number of anilines is 5. The van der Waals surface area contributed by atoms with Gasteiger partial charge in [-0.05, 0) is 41.5 Å². The molecule has 0 radical (unpaired) electrons. The average Bonchev–Trinajstić information content (AvgIpc) is 2.78. The molecule has 12 nitrogen and oxygen atoms in total. The molecule has 1 aromatic heterocycles. The van der Waals surface area contributed by atoms with Gasteiger partial charge in [0.25, 0.3) is 0 Å². The number of aromatic nitrogens is 3. The van der Waals surface area contributed by atoms with E-state index in [1.165, 1.54) is 24.3 Å². The van der Waals surface area contributed by atoms with Gasteiger partial charge in [-0.15, -0.1) is 0 Å². The van der Waals surface area contributed by atoms with Gasteiger partial charge in [0.15, 0.2) is 0 Å². The Balaban J connectivity index is 0.00000432. The van der Waals surface area contributed by atoms with Gasteiger partial charge in [0.1, 0.15) is 0 Å². The quantitative estimate of drug-likeness (QED) is 0.103. The standard InChI is InChI=1S/C22H20N6O6.3Na/c1-28(2)22-26-20(25-21(27-22)24-15-9-5-13(6-10-15)17(29)30)23-14-7-3-12(4-8-14)11-16(18(31)32)19(33)34;;;/h3-11H,1-2H3,(H,29,30)(H,31,32)(H,33,34)(H2,23,24,25,26,27);;;/q;3*+1/p-2. The number of aliphatic carboxylic acids is 2. The first-order valence-corrected chi connectivity index (χ1v) is 9.67. The molecule has 0 aliphatic rings. The van der Waals surface area contributed by atoms with Crippen LogP contribution in [0.1, 0.15) is 15.9 Å². The number of carbonyl (C=O) groups is 3. The largest absolute Gasteiger partial charge is 1.00 e. The van der Waals surface area contributed by atoms with Crippen molar-refractivity contribution in [2.45, 2.75) is 0 Å². The number of aromatic carboxylic acids is 1. The normalized spacial score (nSPS) is 10.1. The van der Waals surface area contributed by atoms with Gasteiger partial charge in [-0.3, -0.25) is 0 Å². The Morgan fingerprint density at radius 3 is 1.65 bits per heavy atom. The van der Waals surface area contributed by atoms with Crippen LogP contribution in [-0.4, -0.2) is 52.1 Å². The summed E-state index contributed by atoms with van der Waals surface area (Å²) in [6, 6.07) is 12.1. The molecule has 0 fully saturated rings. The molecule has 3 rings (SSSR count). The summed E-state index contributed by atoms with van der Waals surface area (Å²) in [5.41, 5.74) is 0.606. The molecule has 0 amide bonds. The molecule has 174 valence electrons. The molecule has 2 aromatic carbocycles. The van der Waals surface area contributed by atoms with Crippen LogP contribution < -0.4 is 114 Å². The number of carboxylic acid groups (broad SMARTS) is 3. The van der Waals surface area contributed by atoms with Gasteiger partial charge in [-0.25, -0.2) is 4.79 Å². The minimum absolute atomic E-state index is 0. The van der Waals surface area contributed by atoms with E-state index in [0.29, 0.717) is 22.9 Å². The molecule has 3 aromatic rings. The average molecular weight is 531 g/mol. The Kier molecular flexibility index (Phi) is 15.2. The minimum atomic E-state index is -1.79. The summed E-state index contributed by atoms with van der Waals surface area (Å²) >= 11 is 0. The van der Waals surface area contributed by atoms with Crippen molar-refractivity contribution in [1.82, 2.24) is 15.0 Å². The molecule has 0 aliphatic heterocycles. The molecule has 0 spiro atoms. The summed E-state index contributed by atoms with van der Waals surface area (Å²) in [7, 11) is 3.49. The molecule has 37 heavy (non-hydrogen) atoms. The van der Waals surface area contributed by atoms with Crippen molar-refractivity contribution in [1.29, 1.82) is 0 Å². The van der Waals surface area contributed by atoms with E-state index in [1.807, 2.05) is 0 Å². The first-order chi connectivity index (χ1) is 16.1. The summed E-state index contributed by atoms with van der Waals surface area (Å²) < 4.78 is 0. The van der Waals surface area contributed by atoms with Gasteiger partial charge in [-0.2, -0.15) is 15.0 Å². The zero-order valence-electron chi connectivity index (χ0n) is 21.0. The minimum Gasteiger partial charge on any atom is -0.545 e. The molecule has 15 heteroatoms. The zero-order chi connectivity index (χ0) is 24.8. The Labute approximate surface area is 278 Å². The third-order valence-electron chi connectivity index (χ3n) is 4.33. The molecule has 3 N–H and O–H groups in total. The third-order valence-corrected chi connectivity index (χ3v) is 4.33. The summed E-state index contributed by atoms with van der Waals surface area (Å²) in [5, 5.41) is 36.7. The second kappa shape index (κ2) is 16.1. The van der Waals surface area contributed by atoms with Gasteiger partial charge in [0.2, 0.25) is 17.8 Å². The van der Waals surface area contributed by atoms with Gasteiger partial charge in [-0.1, -0.05) is 24.3 Å². The molecule has 0 bridgehead atoms. The summed E-state index contributed by atoms with van der Waals surface area (Å²) in [5.74, 6) is -3.94. The Bertz CT molecular complexity index is 1250.